The Morgan fingerprint density at radius 1 is 1.11 bits per heavy atom. The molecular weight excluding hydrogens is 378 g/mol. The first-order valence-corrected chi connectivity index (χ1v) is 9.59. The van der Waals surface area contributed by atoms with Gasteiger partial charge >= 0.3 is 0 Å². The molecule has 3 rings (SSSR count). The van der Waals surface area contributed by atoms with Gasteiger partial charge in [0.15, 0.2) is 5.78 Å². The van der Waals surface area contributed by atoms with E-state index in [1.54, 1.807) is 40.9 Å². The molecule has 0 aliphatic carbocycles. The molecule has 7 heteroatoms. The van der Waals surface area contributed by atoms with Crippen molar-refractivity contribution in [2.75, 3.05) is 6.61 Å². The number of carbonyl (C=O) groups is 2. The Hall–Kier alpha value is -2.86. The number of hydrogen-bond acceptors (Lipinski definition) is 4. The van der Waals surface area contributed by atoms with Gasteiger partial charge in [0.05, 0.1) is 23.9 Å². The van der Waals surface area contributed by atoms with Crippen molar-refractivity contribution in [1.29, 1.82) is 0 Å². The molecule has 0 atom stereocenters. The third-order valence-corrected chi connectivity index (χ3v) is 4.38. The molecule has 3 aromatic rings. The number of pyridine rings is 1. The van der Waals surface area contributed by atoms with Crippen LogP contribution in [-0.4, -0.2) is 27.7 Å². The molecule has 0 unspecified atom stereocenters. The normalized spacial score (nSPS) is 10.8. The standard InChI is InChI=1S/C21H22ClN3O3/c1-2-11-28-18-6-3-15(4-7-18)19(26)8-10-21(27)23-12-17-14-25-13-16(22)5-9-20(25)24-17/h3-7,9,13-14H,2,8,10-12H2,1H3,(H,23,27). The molecule has 2 aromatic heterocycles. The zero-order valence-electron chi connectivity index (χ0n) is 15.7. The number of fused-ring (bicyclic) bond motifs is 1. The number of imidazole rings is 1. The molecule has 2 heterocycles. The molecule has 0 spiro atoms. The topological polar surface area (TPSA) is 72.7 Å². The number of Topliss-reactive ketones (excluding diaryl/α,β-unsaturated/α-hetero) is 1. The van der Waals surface area contributed by atoms with Crippen molar-refractivity contribution in [3.8, 4) is 5.75 Å². The van der Waals surface area contributed by atoms with E-state index < -0.39 is 0 Å². The van der Waals surface area contributed by atoms with Crippen molar-refractivity contribution in [3.05, 3.63) is 65.1 Å². The molecule has 0 fully saturated rings. The fraction of sp³-hybridized carbons (Fsp3) is 0.286. The minimum absolute atomic E-state index is 0.0698. The highest BCUT2D eigenvalue weighted by Gasteiger charge is 2.10. The molecule has 1 amide bonds. The lowest BCUT2D eigenvalue weighted by atomic mass is 10.1. The number of ketones is 1. The lowest BCUT2D eigenvalue weighted by Gasteiger charge is -2.06. The molecule has 1 aromatic carbocycles. The number of halogens is 1. The molecule has 0 aliphatic rings. The average Bonchev–Trinajstić information content (AvgIpc) is 3.11. The van der Waals surface area contributed by atoms with Crippen LogP contribution in [0.15, 0.2) is 48.8 Å². The Morgan fingerprint density at radius 3 is 2.64 bits per heavy atom. The van der Waals surface area contributed by atoms with E-state index in [-0.39, 0.29) is 24.5 Å². The third kappa shape index (κ3) is 5.33. The Balaban J connectivity index is 1.46. The summed E-state index contributed by atoms with van der Waals surface area (Å²) in [5, 5.41) is 3.41. The fourth-order valence-corrected chi connectivity index (χ4v) is 2.88. The Morgan fingerprint density at radius 2 is 1.89 bits per heavy atom. The lowest BCUT2D eigenvalue weighted by Crippen LogP contribution is -2.23. The van der Waals surface area contributed by atoms with Crippen LogP contribution in [0.3, 0.4) is 0 Å². The lowest BCUT2D eigenvalue weighted by molar-refractivity contribution is -0.121. The second-order valence-corrected chi connectivity index (χ2v) is 6.85. The van der Waals surface area contributed by atoms with E-state index >= 15 is 0 Å². The zero-order chi connectivity index (χ0) is 19.9. The first-order chi connectivity index (χ1) is 13.5. The molecule has 146 valence electrons. The van der Waals surface area contributed by atoms with Gasteiger partial charge in [-0.2, -0.15) is 0 Å². The van der Waals surface area contributed by atoms with Crippen molar-refractivity contribution >= 4 is 28.9 Å². The van der Waals surface area contributed by atoms with Crippen LogP contribution in [0, 0.1) is 0 Å². The largest absolute Gasteiger partial charge is 0.494 e. The second-order valence-electron chi connectivity index (χ2n) is 6.42. The predicted octanol–water partition coefficient (Wildman–Crippen LogP) is 4.06. The minimum atomic E-state index is -0.189. The van der Waals surface area contributed by atoms with Crippen molar-refractivity contribution in [1.82, 2.24) is 14.7 Å². The summed E-state index contributed by atoms with van der Waals surface area (Å²) in [7, 11) is 0. The number of aromatic nitrogens is 2. The van der Waals surface area contributed by atoms with Gasteiger partial charge in [0.25, 0.3) is 0 Å². The summed E-state index contributed by atoms with van der Waals surface area (Å²) in [5.41, 5.74) is 2.06. The van der Waals surface area contributed by atoms with Crippen molar-refractivity contribution < 1.29 is 14.3 Å². The van der Waals surface area contributed by atoms with E-state index in [9.17, 15) is 9.59 Å². The number of ether oxygens (including phenoxy) is 1. The Labute approximate surface area is 168 Å². The number of rotatable bonds is 9. The smallest absolute Gasteiger partial charge is 0.220 e. The monoisotopic (exact) mass is 399 g/mol. The van der Waals surface area contributed by atoms with Crippen LogP contribution < -0.4 is 10.1 Å². The maximum atomic E-state index is 12.2. The molecule has 0 radical (unpaired) electrons. The van der Waals surface area contributed by atoms with Crippen LogP contribution in [0.2, 0.25) is 5.02 Å². The van der Waals surface area contributed by atoms with E-state index in [2.05, 4.69) is 10.3 Å². The van der Waals surface area contributed by atoms with Gasteiger partial charge in [-0.25, -0.2) is 4.98 Å². The Bertz CT molecular complexity index is 967. The summed E-state index contributed by atoms with van der Waals surface area (Å²) >= 11 is 5.95. The van der Waals surface area contributed by atoms with Crippen LogP contribution in [0.5, 0.6) is 5.75 Å². The highest BCUT2D eigenvalue weighted by molar-refractivity contribution is 6.30. The molecule has 0 saturated heterocycles. The highest BCUT2D eigenvalue weighted by atomic mass is 35.5. The second kappa shape index (κ2) is 9.37. The molecular formula is C21H22ClN3O3. The van der Waals surface area contributed by atoms with E-state index in [1.165, 1.54) is 0 Å². The van der Waals surface area contributed by atoms with Gasteiger partial charge in [0, 0.05) is 30.8 Å². The zero-order valence-corrected chi connectivity index (χ0v) is 16.4. The fourth-order valence-electron chi connectivity index (χ4n) is 2.71. The SMILES string of the molecule is CCCOc1ccc(C(=O)CCC(=O)NCc2cn3cc(Cl)ccc3n2)cc1. The van der Waals surface area contributed by atoms with Crippen LogP contribution >= 0.6 is 11.6 Å². The van der Waals surface area contributed by atoms with Gasteiger partial charge < -0.3 is 14.5 Å². The van der Waals surface area contributed by atoms with E-state index in [0.717, 1.165) is 23.5 Å². The molecule has 28 heavy (non-hydrogen) atoms. The first-order valence-electron chi connectivity index (χ1n) is 9.21. The van der Waals surface area contributed by atoms with Crippen molar-refractivity contribution in [2.24, 2.45) is 0 Å². The minimum Gasteiger partial charge on any atom is -0.494 e. The predicted molar refractivity (Wildman–Crippen MR) is 108 cm³/mol. The number of amides is 1. The molecule has 0 aliphatic heterocycles. The van der Waals surface area contributed by atoms with Crippen molar-refractivity contribution in [3.63, 3.8) is 0 Å². The maximum absolute atomic E-state index is 12.2. The molecule has 1 N–H and O–H groups in total. The number of benzene rings is 1. The third-order valence-electron chi connectivity index (χ3n) is 4.16. The Kier molecular flexibility index (Phi) is 6.66. The van der Waals surface area contributed by atoms with E-state index in [1.807, 2.05) is 19.2 Å². The van der Waals surface area contributed by atoms with E-state index in [0.29, 0.717) is 23.7 Å². The maximum Gasteiger partial charge on any atom is 0.220 e. The summed E-state index contributed by atoms with van der Waals surface area (Å²) in [5.74, 6) is 0.482. The van der Waals surface area contributed by atoms with Crippen molar-refractivity contribution in [2.45, 2.75) is 32.7 Å². The number of carbonyl (C=O) groups excluding carboxylic acids is 2. The summed E-state index contributed by atoms with van der Waals surface area (Å²) in [6.45, 7) is 2.98. The average molecular weight is 400 g/mol. The highest BCUT2D eigenvalue weighted by Crippen LogP contribution is 2.15. The molecule has 0 bridgehead atoms. The van der Waals surface area contributed by atoms with Crippen LogP contribution in [-0.2, 0) is 11.3 Å². The summed E-state index contributed by atoms with van der Waals surface area (Å²) in [6, 6.07) is 10.6. The molecule has 0 saturated carbocycles. The molecule has 6 nitrogen and oxygen atoms in total. The van der Waals surface area contributed by atoms with Gasteiger partial charge in [-0.3, -0.25) is 9.59 Å². The van der Waals surface area contributed by atoms with Gasteiger partial charge in [-0.05, 0) is 42.8 Å². The quantitative estimate of drug-likeness (QED) is 0.551. The summed E-state index contributed by atoms with van der Waals surface area (Å²) in [4.78, 5) is 28.7. The van der Waals surface area contributed by atoms with Crippen LogP contribution in [0.25, 0.3) is 5.65 Å². The van der Waals surface area contributed by atoms with Gasteiger partial charge in [0.1, 0.15) is 11.4 Å². The number of hydrogen-bond donors (Lipinski definition) is 1. The van der Waals surface area contributed by atoms with Crippen LogP contribution in [0.1, 0.15) is 42.2 Å². The first kappa shape index (κ1) is 19.9. The summed E-state index contributed by atoms with van der Waals surface area (Å²) in [6.07, 6.45) is 4.79. The van der Waals surface area contributed by atoms with Gasteiger partial charge in [0.2, 0.25) is 5.91 Å². The number of nitrogens with one attached hydrogen (secondary N) is 1. The van der Waals surface area contributed by atoms with Gasteiger partial charge in [-0.1, -0.05) is 18.5 Å². The summed E-state index contributed by atoms with van der Waals surface area (Å²) < 4.78 is 7.31. The number of nitrogens with zero attached hydrogens (tertiary/aromatic N) is 2. The van der Waals surface area contributed by atoms with Crippen LogP contribution in [0.4, 0.5) is 0 Å². The van der Waals surface area contributed by atoms with E-state index in [4.69, 9.17) is 16.3 Å². The van der Waals surface area contributed by atoms with Gasteiger partial charge in [-0.15, -0.1) is 0 Å².